The molecule has 2 aromatic rings. The van der Waals surface area contributed by atoms with E-state index in [9.17, 15) is 4.79 Å². The number of rotatable bonds is 2. The average molecular weight is 260 g/mol. The van der Waals surface area contributed by atoms with Crippen LogP contribution < -0.4 is 0 Å². The zero-order chi connectivity index (χ0) is 13.4. The van der Waals surface area contributed by atoms with E-state index >= 15 is 0 Å². The second-order valence-electron chi connectivity index (χ2n) is 4.08. The summed E-state index contributed by atoms with van der Waals surface area (Å²) in [7, 11) is 0. The highest BCUT2D eigenvalue weighted by molar-refractivity contribution is 7.15. The SMILES string of the molecule is [C-]#[N+]c1cc(C)sc1-n1c(C)cc(C(=O)O)c1C. The fourth-order valence-corrected chi connectivity index (χ4v) is 3.08. The van der Waals surface area contributed by atoms with Gasteiger partial charge in [0, 0.05) is 11.4 Å². The predicted molar refractivity (Wildman–Crippen MR) is 71.1 cm³/mol. The van der Waals surface area contributed by atoms with Crippen LogP contribution >= 0.6 is 11.3 Å². The lowest BCUT2D eigenvalue weighted by Crippen LogP contribution is -2.01. The summed E-state index contributed by atoms with van der Waals surface area (Å²) >= 11 is 1.50. The molecule has 18 heavy (non-hydrogen) atoms. The van der Waals surface area contributed by atoms with E-state index in [1.165, 1.54) is 11.3 Å². The van der Waals surface area contributed by atoms with Gasteiger partial charge in [-0.15, -0.1) is 11.3 Å². The van der Waals surface area contributed by atoms with E-state index < -0.39 is 5.97 Å². The third-order valence-corrected chi connectivity index (χ3v) is 3.83. The molecule has 0 amide bonds. The highest BCUT2D eigenvalue weighted by Crippen LogP contribution is 2.35. The summed E-state index contributed by atoms with van der Waals surface area (Å²) in [5.74, 6) is -0.938. The summed E-state index contributed by atoms with van der Waals surface area (Å²) < 4.78 is 1.84. The smallest absolute Gasteiger partial charge is 0.337 e. The molecule has 4 nitrogen and oxygen atoms in total. The third-order valence-electron chi connectivity index (χ3n) is 2.80. The Labute approximate surface area is 109 Å². The molecule has 0 saturated heterocycles. The van der Waals surface area contributed by atoms with E-state index in [4.69, 9.17) is 11.7 Å². The Balaban J connectivity index is 2.72. The Morgan fingerprint density at radius 2 is 2.06 bits per heavy atom. The van der Waals surface area contributed by atoms with Gasteiger partial charge in [-0.3, -0.25) is 0 Å². The van der Waals surface area contributed by atoms with E-state index in [-0.39, 0.29) is 5.56 Å². The van der Waals surface area contributed by atoms with Crippen molar-refractivity contribution in [2.45, 2.75) is 20.8 Å². The van der Waals surface area contributed by atoms with Crippen LogP contribution in [0.5, 0.6) is 0 Å². The van der Waals surface area contributed by atoms with Crippen molar-refractivity contribution < 1.29 is 9.90 Å². The molecule has 92 valence electrons. The molecule has 0 radical (unpaired) electrons. The molecule has 1 N–H and O–H groups in total. The Hall–Kier alpha value is -2.06. The molecule has 0 aliphatic carbocycles. The molecule has 2 rings (SSSR count). The molecule has 0 atom stereocenters. The predicted octanol–water partition coefficient (Wildman–Crippen LogP) is 3.71. The number of hydrogen-bond acceptors (Lipinski definition) is 2. The van der Waals surface area contributed by atoms with Gasteiger partial charge < -0.3 is 9.67 Å². The maximum Gasteiger partial charge on any atom is 0.337 e. The maximum atomic E-state index is 11.1. The molecule has 0 bridgehead atoms. The quantitative estimate of drug-likeness (QED) is 0.837. The number of nitrogens with zero attached hydrogens (tertiary/aromatic N) is 2. The minimum absolute atomic E-state index is 0.287. The number of hydrogen-bond donors (Lipinski definition) is 1. The summed E-state index contributed by atoms with van der Waals surface area (Å²) in [5, 5.41) is 9.91. The molecular formula is C13H12N2O2S. The van der Waals surface area contributed by atoms with Crippen LogP contribution in [-0.4, -0.2) is 15.6 Å². The first-order valence-corrected chi connectivity index (χ1v) is 6.18. The molecule has 0 aliphatic heterocycles. The first kappa shape index (κ1) is 12.4. The fraction of sp³-hybridized carbons (Fsp3) is 0.231. The van der Waals surface area contributed by atoms with Crippen LogP contribution in [0.15, 0.2) is 12.1 Å². The molecule has 0 fully saturated rings. The van der Waals surface area contributed by atoms with Crippen molar-refractivity contribution in [1.29, 1.82) is 0 Å². The molecular weight excluding hydrogens is 248 g/mol. The minimum atomic E-state index is -0.938. The van der Waals surface area contributed by atoms with Gasteiger partial charge in [0.2, 0.25) is 5.69 Å². The van der Waals surface area contributed by atoms with Gasteiger partial charge in [0.05, 0.1) is 12.1 Å². The zero-order valence-corrected chi connectivity index (χ0v) is 11.1. The van der Waals surface area contributed by atoms with Crippen LogP contribution in [0.4, 0.5) is 5.69 Å². The van der Waals surface area contributed by atoms with E-state index in [1.54, 1.807) is 13.0 Å². The third kappa shape index (κ3) is 1.81. The molecule has 5 heteroatoms. The highest BCUT2D eigenvalue weighted by atomic mass is 32.1. The molecule has 0 unspecified atom stereocenters. The number of aromatic nitrogens is 1. The Kier molecular flexibility index (Phi) is 2.97. The van der Waals surface area contributed by atoms with Crippen molar-refractivity contribution in [3.63, 3.8) is 0 Å². The number of carbonyl (C=O) groups is 1. The van der Waals surface area contributed by atoms with Crippen molar-refractivity contribution in [3.05, 3.63) is 45.4 Å². The lowest BCUT2D eigenvalue weighted by molar-refractivity contribution is 0.0696. The number of aromatic carboxylic acids is 1. The molecule has 2 heterocycles. The van der Waals surface area contributed by atoms with Crippen molar-refractivity contribution in [1.82, 2.24) is 4.57 Å². The van der Waals surface area contributed by atoms with E-state index in [2.05, 4.69) is 4.85 Å². The van der Waals surface area contributed by atoms with Gasteiger partial charge in [-0.25, -0.2) is 9.64 Å². The average Bonchev–Trinajstić information content (AvgIpc) is 2.79. The van der Waals surface area contributed by atoms with Gasteiger partial charge in [-0.05, 0) is 37.8 Å². The zero-order valence-electron chi connectivity index (χ0n) is 10.3. The molecule has 0 spiro atoms. The standard InChI is InChI=1S/C13H12N2O2S/c1-7-5-10(13(16)17)9(3)15(7)12-11(14-4)6-8(2)18-12/h5-6H,1-3H3,(H,16,17). The summed E-state index contributed by atoms with van der Waals surface area (Å²) in [6.07, 6.45) is 0. The van der Waals surface area contributed by atoms with Crippen LogP contribution in [0.2, 0.25) is 0 Å². The fourth-order valence-electron chi connectivity index (χ4n) is 2.02. The monoisotopic (exact) mass is 260 g/mol. The highest BCUT2D eigenvalue weighted by Gasteiger charge is 2.18. The van der Waals surface area contributed by atoms with Gasteiger partial charge in [0.25, 0.3) is 0 Å². The first-order chi connectivity index (χ1) is 8.45. The van der Waals surface area contributed by atoms with Crippen molar-refractivity contribution >= 4 is 23.0 Å². The van der Waals surface area contributed by atoms with Crippen LogP contribution in [0.3, 0.4) is 0 Å². The van der Waals surface area contributed by atoms with Crippen LogP contribution in [0, 0.1) is 27.3 Å². The van der Waals surface area contributed by atoms with Crippen molar-refractivity contribution in [2.24, 2.45) is 0 Å². The maximum absolute atomic E-state index is 11.1. The van der Waals surface area contributed by atoms with Gasteiger partial charge in [-0.1, -0.05) is 0 Å². The van der Waals surface area contributed by atoms with Gasteiger partial charge >= 0.3 is 5.97 Å². The van der Waals surface area contributed by atoms with Crippen molar-refractivity contribution in [2.75, 3.05) is 0 Å². The van der Waals surface area contributed by atoms with E-state index in [1.807, 2.05) is 24.5 Å². The Bertz CT molecular complexity index is 674. The lowest BCUT2D eigenvalue weighted by atomic mass is 10.2. The van der Waals surface area contributed by atoms with Gasteiger partial charge in [-0.2, -0.15) is 0 Å². The second kappa shape index (κ2) is 4.31. The summed E-state index contributed by atoms with van der Waals surface area (Å²) in [5.41, 5.74) is 2.34. The van der Waals surface area contributed by atoms with Gasteiger partial charge in [0.1, 0.15) is 5.00 Å². The molecule has 0 saturated carbocycles. The largest absolute Gasteiger partial charge is 0.478 e. The Morgan fingerprint density at radius 3 is 2.56 bits per heavy atom. The van der Waals surface area contributed by atoms with Gasteiger partial charge in [0.15, 0.2) is 0 Å². The molecule has 2 aromatic heterocycles. The number of carboxylic acids is 1. The molecule has 0 aromatic carbocycles. The number of carboxylic acid groups (broad SMARTS) is 1. The Morgan fingerprint density at radius 1 is 1.39 bits per heavy atom. The summed E-state index contributed by atoms with van der Waals surface area (Å²) in [4.78, 5) is 15.6. The van der Waals surface area contributed by atoms with Crippen LogP contribution in [0.25, 0.3) is 9.85 Å². The number of aryl methyl sites for hydroxylation is 2. The lowest BCUT2D eigenvalue weighted by Gasteiger charge is -2.07. The molecule has 0 aliphatic rings. The summed E-state index contributed by atoms with van der Waals surface area (Å²) in [6, 6.07) is 3.47. The minimum Gasteiger partial charge on any atom is -0.478 e. The second-order valence-corrected chi connectivity index (χ2v) is 5.32. The normalized spacial score (nSPS) is 10.3. The topological polar surface area (TPSA) is 46.6 Å². The van der Waals surface area contributed by atoms with Crippen LogP contribution in [-0.2, 0) is 0 Å². The van der Waals surface area contributed by atoms with E-state index in [0.717, 1.165) is 15.6 Å². The van der Waals surface area contributed by atoms with Crippen molar-refractivity contribution in [3.8, 4) is 5.00 Å². The van der Waals surface area contributed by atoms with Crippen LogP contribution in [0.1, 0.15) is 26.6 Å². The summed E-state index contributed by atoms with van der Waals surface area (Å²) in [6.45, 7) is 12.7. The number of thiophene rings is 1. The first-order valence-electron chi connectivity index (χ1n) is 5.36. The van der Waals surface area contributed by atoms with E-state index in [0.29, 0.717) is 11.4 Å².